The van der Waals surface area contributed by atoms with E-state index < -0.39 is 0 Å². The zero-order chi connectivity index (χ0) is 22.5. The summed E-state index contributed by atoms with van der Waals surface area (Å²) in [5, 5.41) is 3.06. The summed E-state index contributed by atoms with van der Waals surface area (Å²) < 4.78 is 0. The third kappa shape index (κ3) is 5.05. The Balaban J connectivity index is 1.42. The van der Waals surface area contributed by atoms with Crippen LogP contribution in [-0.4, -0.2) is 31.8 Å². The van der Waals surface area contributed by atoms with E-state index in [0.29, 0.717) is 12.1 Å². The maximum absolute atomic E-state index is 12.8. The molecule has 1 aliphatic rings. The molecule has 4 nitrogen and oxygen atoms in total. The molecule has 0 unspecified atom stereocenters. The van der Waals surface area contributed by atoms with Crippen molar-refractivity contribution in [3.05, 3.63) is 83.4 Å². The van der Waals surface area contributed by atoms with Gasteiger partial charge in [0.05, 0.1) is 5.69 Å². The van der Waals surface area contributed by atoms with E-state index >= 15 is 0 Å². The van der Waals surface area contributed by atoms with Crippen LogP contribution in [0.4, 0.5) is 11.4 Å². The summed E-state index contributed by atoms with van der Waals surface area (Å²) in [6.45, 7) is 5.75. The molecule has 1 aliphatic heterocycles. The Labute approximate surface area is 194 Å². The molecule has 0 fully saturated rings. The second-order valence-electron chi connectivity index (χ2n) is 8.06. The van der Waals surface area contributed by atoms with Gasteiger partial charge in [-0.3, -0.25) is 9.79 Å². The van der Waals surface area contributed by atoms with Crippen LogP contribution in [0.1, 0.15) is 41.3 Å². The molecular formula is C27H29N3OS. The molecular weight excluding hydrogens is 414 g/mol. The molecule has 0 aromatic heterocycles. The van der Waals surface area contributed by atoms with E-state index in [-0.39, 0.29) is 5.91 Å². The minimum Gasteiger partial charge on any atom is -0.375 e. The fourth-order valence-electron chi connectivity index (χ4n) is 3.82. The summed E-state index contributed by atoms with van der Waals surface area (Å²) >= 11 is 1.72. The number of benzene rings is 3. The Morgan fingerprint density at radius 1 is 1.03 bits per heavy atom. The van der Waals surface area contributed by atoms with Crippen LogP contribution in [-0.2, 0) is 0 Å². The first-order chi connectivity index (χ1) is 15.5. The Morgan fingerprint density at radius 3 is 2.59 bits per heavy atom. The summed E-state index contributed by atoms with van der Waals surface area (Å²) in [5.41, 5.74) is 6.20. The van der Waals surface area contributed by atoms with E-state index in [2.05, 4.69) is 61.4 Å². The third-order valence-corrected chi connectivity index (χ3v) is 6.77. The van der Waals surface area contributed by atoms with Crippen molar-refractivity contribution in [1.82, 2.24) is 5.32 Å². The third-order valence-electron chi connectivity index (χ3n) is 5.63. The summed E-state index contributed by atoms with van der Waals surface area (Å²) in [6.07, 6.45) is 1.73. The van der Waals surface area contributed by atoms with Crippen molar-refractivity contribution in [2.24, 2.45) is 4.99 Å². The first-order valence-electron chi connectivity index (χ1n) is 11.1. The molecule has 1 amide bonds. The van der Waals surface area contributed by atoms with Crippen LogP contribution >= 0.6 is 11.8 Å². The highest BCUT2D eigenvalue weighted by molar-refractivity contribution is 7.99. The van der Waals surface area contributed by atoms with Gasteiger partial charge in [0.1, 0.15) is 0 Å². The van der Waals surface area contributed by atoms with Crippen molar-refractivity contribution >= 4 is 34.8 Å². The van der Waals surface area contributed by atoms with Gasteiger partial charge in [0.15, 0.2) is 0 Å². The number of fused-ring (bicyclic) bond motifs is 2. The molecule has 164 valence electrons. The van der Waals surface area contributed by atoms with Gasteiger partial charge in [-0.15, -0.1) is 0 Å². The van der Waals surface area contributed by atoms with Gasteiger partial charge < -0.3 is 10.2 Å². The Bertz CT molecular complexity index is 1140. The van der Waals surface area contributed by atoms with Crippen LogP contribution in [0.3, 0.4) is 0 Å². The van der Waals surface area contributed by atoms with Gasteiger partial charge in [-0.1, -0.05) is 48.5 Å². The number of rotatable bonds is 7. The highest BCUT2D eigenvalue weighted by Gasteiger charge is 2.18. The molecule has 0 saturated carbocycles. The van der Waals surface area contributed by atoms with Gasteiger partial charge >= 0.3 is 0 Å². The number of nitrogens with one attached hydrogen (secondary N) is 1. The van der Waals surface area contributed by atoms with Gasteiger partial charge in [0, 0.05) is 52.5 Å². The monoisotopic (exact) mass is 443 g/mol. The average molecular weight is 444 g/mol. The number of hydrogen-bond donors (Lipinski definition) is 1. The van der Waals surface area contributed by atoms with E-state index in [4.69, 9.17) is 4.99 Å². The first kappa shape index (κ1) is 22.2. The first-order valence-corrected chi connectivity index (χ1v) is 11.9. The molecule has 3 aromatic carbocycles. The Morgan fingerprint density at radius 2 is 1.81 bits per heavy atom. The maximum atomic E-state index is 12.8. The molecule has 0 spiro atoms. The second-order valence-corrected chi connectivity index (χ2v) is 9.15. The zero-order valence-electron chi connectivity index (χ0n) is 18.9. The second kappa shape index (κ2) is 10.0. The summed E-state index contributed by atoms with van der Waals surface area (Å²) in [7, 11) is 2.07. The number of para-hydroxylation sites is 1. The summed E-state index contributed by atoms with van der Waals surface area (Å²) in [6, 6.07) is 22.6. The number of carbonyl (C=O) groups excluding carboxylic acids is 1. The number of aryl methyl sites for hydroxylation is 1. The lowest BCUT2D eigenvalue weighted by Crippen LogP contribution is -2.28. The van der Waals surface area contributed by atoms with Crippen molar-refractivity contribution in [3.8, 4) is 0 Å². The number of hydrogen-bond acceptors (Lipinski definition) is 4. The smallest absolute Gasteiger partial charge is 0.251 e. The van der Waals surface area contributed by atoms with Crippen molar-refractivity contribution < 1.29 is 4.79 Å². The highest BCUT2D eigenvalue weighted by atomic mass is 32.2. The van der Waals surface area contributed by atoms with Gasteiger partial charge in [-0.05, 0) is 62.2 Å². The predicted octanol–water partition coefficient (Wildman–Crippen LogP) is 6.25. The lowest BCUT2D eigenvalue weighted by atomic mass is 10.0. The fourth-order valence-corrected chi connectivity index (χ4v) is 4.82. The van der Waals surface area contributed by atoms with Gasteiger partial charge in [-0.25, -0.2) is 0 Å². The van der Waals surface area contributed by atoms with Crippen molar-refractivity contribution in [1.29, 1.82) is 0 Å². The van der Waals surface area contributed by atoms with Crippen molar-refractivity contribution in [3.63, 3.8) is 0 Å². The average Bonchev–Trinajstić information content (AvgIpc) is 2.97. The zero-order valence-corrected chi connectivity index (χ0v) is 19.7. The SMILES string of the molecule is CCC1=Nc2cc(C(=O)NCCCN(C)c3ccccc3)ccc2Sc2ccc(C)cc21. The summed E-state index contributed by atoms with van der Waals surface area (Å²) in [4.78, 5) is 22.2. The number of amides is 1. The van der Waals surface area contributed by atoms with E-state index in [0.717, 1.165) is 35.7 Å². The van der Waals surface area contributed by atoms with Gasteiger partial charge in [0.2, 0.25) is 0 Å². The fraction of sp³-hybridized carbons (Fsp3) is 0.259. The number of carbonyl (C=O) groups is 1. The number of anilines is 1. The van der Waals surface area contributed by atoms with Crippen LogP contribution in [0.5, 0.6) is 0 Å². The normalized spacial score (nSPS) is 12.3. The van der Waals surface area contributed by atoms with Gasteiger partial charge in [-0.2, -0.15) is 0 Å². The molecule has 32 heavy (non-hydrogen) atoms. The highest BCUT2D eigenvalue weighted by Crippen LogP contribution is 2.41. The topological polar surface area (TPSA) is 44.7 Å². The number of aliphatic imine (C=N–C) groups is 1. The van der Waals surface area contributed by atoms with E-state index in [9.17, 15) is 4.79 Å². The molecule has 1 N–H and O–H groups in total. The van der Waals surface area contributed by atoms with E-state index in [1.807, 2.05) is 36.4 Å². The minimum atomic E-state index is -0.0500. The summed E-state index contributed by atoms with van der Waals surface area (Å²) in [5.74, 6) is -0.0500. The molecule has 0 bridgehead atoms. The molecule has 0 saturated heterocycles. The van der Waals surface area contributed by atoms with Crippen LogP contribution in [0.25, 0.3) is 0 Å². The molecule has 5 heteroatoms. The molecule has 0 atom stereocenters. The van der Waals surface area contributed by atoms with Crippen LogP contribution in [0.2, 0.25) is 0 Å². The molecule has 1 heterocycles. The Kier molecular flexibility index (Phi) is 6.96. The largest absolute Gasteiger partial charge is 0.375 e. The molecule has 3 aromatic rings. The molecule has 0 aliphatic carbocycles. The lowest BCUT2D eigenvalue weighted by molar-refractivity contribution is 0.0953. The van der Waals surface area contributed by atoms with Crippen LogP contribution < -0.4 is 10.2 Å². The van der Waals surface area contributed by atoms with E-state index in [1.54, 1.807) is 11.8 Å². The quantitative estimate of drug-likeness (QED) is 0.439. The maximum Gasteiger partial charge on any atom is 0.251 e. The minimum absolute atomic E-state index is 0.0500. The Hall–Kier alpha value is -3.05. The van der Waals surface area contributed by atoms with Gasteiger partial charge in [0.25, 0.3) is 5.91 Å². The van der Waals surface area contributed by atoms with Crippen LogP contribution in [0, 0.1) is 6.92 Å². The van der Waals surface area contributed by atoms with E-state index in [1.165, 1.54) is 21.7 Å². The molecule has 0 radical (unpaired) electrons. The van der Waals surface area contributed by atoms with Crippen molar-refractivity contribution in [2.45, 2.75) is 36.5 Å². The standard InChI is InChI=1S/C27H29N3OS/c1-4-23-22-17-19(2)11-13-25(22)32-26-14-12-20(18-24(26)29-23)27(31)28-15-8-16-30(3)21-9-6-5-7-10-21/h5-7,9-14,17-18H,4,8,15-16H2,1-3H3,(H,28,31). The lowest BCUT2D eigenvalue weighted by Gasteiger charge is -2.19. The van der Waals surface area contributed by atoms with Crippen molar-refractivity contribution in [2.75, 3.05) is 25.0 Å². The number of nitrogens with zero attached hydrogens (tertiary/aromatic N) is 2. The van der Waals surface area contributed by atoms with Crippen LogP contribution in [0.15, 0.2) is 81.5 Å². The predicted molar refractivity (Wildman–Crippen MR) is 135 cm³/mol. The molecule has 4 rings (SSSR count).